The first-order chi connectivity index (χ1) is 6.27. The van der Waals surface area contributed by atoms with Crippen LogP contribution >= 0.6 is 15.9 Å². The maximum Gasteiger partial charge on any atom is 0.116 e. The number of aromatic hydroxyl groups is 1. The van der Waals surface area contributed by atoms with Crippen LogP contribution in [-0.4, -0.2) is 18.2 Å². The van der Waals surface area contributed by atoms with E-state index in [9.17, 15) is 5.11 Å². The largest absolute Gasteiger partial charge is 0.508 e. The molecule has 0 aromatic heterocycles. The Morgan fingerprint density at radius 1 is 1.23 bits per heavy atom. The van der Waals surface area contributed by atoms with Crippen LogP contribution in [0.4, 0.5) is 5.69 Å². The lowest BCUT2D eigenvalue weighted by Gasteiger charge is -2.19. The molecule has 1 aliphatic rings. The second kappa shape index (κ2) is 3.58. The van der Waals surface area contributed by atoms with Gasteiger partial charge in [0, 0.05) is 17.6 Å². The molecule has 0 saturated carbocycles. The molecule has 1 fully saturated rings. The molecule has 1 N–H and O–H groups in total. The number of phenols is 1. The van der Waals surface area contributed by atoms with E-state index in [4.69, 9.17) is 0 Å². The van der Waals surface area contributed by atoms with Gasteiger partial charge in [0.2, 0.25) is 0 Å². The maximum absolute atomic E-state index is 9.23. The van der Waals surface area contributed by atoms with Gasteiger partial charge in [-0.25, -0.2) is 0 Å². The van der Waals surface area contributed by atoms with Gasteiger partial charge in [0.25, 0.3) is 0 Å². The first-order valence-corrected chi connectivity index (χ1v) is 5.30. The molecule has 1 aromatic carbocycles. The number of hydrogen-bond acceptors (Lipinski definition) is 2. The summed E-state index contributed by atoms with van der Waals surface area (Å²) in [6, 6.07) is 5.44. The number of benzene rings is 1. The molecule has 0 radical (unpaired) electrons. The monoisotopic (exact) mass is 241 g/mol. The molecule has 0 spiro atoms. The topological polar surface area (TPSA) is 23.5 Å². The van der Waals surface area contributed by atoms with Gasteiger partial charge >= 0.3 is 0 Å². The van der Waals surface area contributed by atoms with Crippen LogP contribution in [0.3, 0.4) is 0 Å². The molecule has 1 saturated heterocycles. The molecule has 2 rings (SSSR count). The Morgan fingerprint density at radius 2 is 1.92 bits per heavy atom. The summed E-state index contributed by atoms with van der Waals surface area (Å²) < 4.78 is 0.981. The zero-order valence-corrected chi connectivity index (χ0v) is 8.92. The Morgan fingerprint density at radius 3 is 2.54 bits per heavy atom. The third kappa shape index (κ3) is 1.80. The van der Waals surface area contributed by atoms with Gasteiger partial charge in [-0.2, -0.15) is 0 Å². The number of anilines is 1. The van der Waals surface area contributed by atoms with E-state index in [1.807, 2.05) is 6.07 Å². The van der Waals surface area contributed by atoms with Crippen molar-refractivity contribution in [2.24, 2.45) is 0 Å². The van der Waals surface area contributed by atoms with Crippen molar-refractivity contribution < 1.29 is 5.11 Å². The van der Waals surface area contributed by atoms with Gasteiger partial charge in [-0.3, -0.25) is 0 Å². The van der Waals surface area contributed by atoms with Crippen molar-refractivity contribution in [1.82, 2.24) is 0 Å². The van der Waals surface area contributed by atoms with E-state index < -0.39 is 0 Å². The first kappa shape index (κ1) is 8.88. The van der Waals surface area contributed by atoms with Crippen LogP contribution in [0.1, 0.15) is 12.8 Å². The predicted molar refractivity (Wildman–Crippen MR) is 57.3 cm³/mol. The van der Waals surface area contributed by atoms with Crippen molar-refractivity contribution in [3.8, 4) is 5.75 Å². The van der Waals surface area contributed by atoms with E-state index in [2.05, 4.69) is 20.8 Å². The lowest BCUT2D eigenvalue weighted by atomic mass is 10.3. The summed E-state index contributed by atoms with van der Waals surface area (Å²) in [6.07, 6.45) is 2.54. The summed E-state index contributed by atoms with van der Waals surface area (Å²) >= 11 is 3.46. The van der Waals surface area contributed by atoms with Crippen molar-refractivity contribution in [3.63, 3.8) is 0 Å². The molecule has 13 heavy (non-hydrogen) atoms. The minimum atomic E-state index is 0.315. The van der Waals surface area contributed by atoms with Crippen LogP contribution in [0.5, 0.6) is 5.75 Å². The van der Waals surface area contributed by atoms with Crippen LogP contribution in [-0.2, 0) is 0 Å². The second-order valence-electron chi connectivity index (χ2n) is 3.33. The van der Waals surface area contributed by atoms with Crippen molar-refractivity contribution in [1.29, 1.82) is 0 Å². The molecule has 0 unspecified atom stereocenters. The summed E-state index contributed by atoms with van der Waals surface area (Å²) in [5, 5.41) is 9.23. The molecule has 70 valence electrons. The van der Waals surface area contributed by atoms with Crippen LogP contribution in [0, 0.1) is 0 Å². The third-order valence-electron chi connectivity index (χ3n) is 2.38. The van der Waals surface area contributed by atoms with E-state index in [1.165, 1.54) is 18.5 Å². The van der Waals surface area contributed by atoms with E-state index in [-0.39, 0.29) is 0 Å². The van der Waals surface area contributed by atoms with Crippen molar-refractivity contribution >= 4 is 21.6 Å². The van der Waals surface area contributed by atoms with Gasteiger partial charge in [-0.15, -0.1) is 0 Å². The van der Waals surface area contributed by atoms with Crippen molar-refractivity contribution in [3.05, 3.63) is 22.7 Å². The highest BCUT2D eigenvalue weighted by molar-refractivity contribution is 9.10. The highest BCUT2D eigenvalue weighted by atomic mass is 79.9. The van der Waals surface area contributed by atoms with Crippen molar-refractivity contribution in [2.45, 2.75) is 12.8 Å². The summed E-state index contributed by atoms with van der Waals surface area (Å²) in [5.41, 5.74) is 1.19. The fraction of sp³-hybridized carbons (Fsp3) is 0.400. The Bertz CT molecular complexity index is 308. The molecular weight excluding hydrogens is 230 g/mol. The Balaban J connectivity index is 2.29. The summed E-state index contributed by atoms with van der Waals surface area (Å²) in [5.74, 6) is 0.315. The SMILES string of the molecule is Oc1ccc(N2CCCC2)c(Br)c1. The molecular formula is C10H12BrNO. The number of rotatable bonds is 1. The van der Waals surface area contributed by atoms with Crippen molar-refractivity contribution in [2.75, 3.05) is 18.0 Å². The molecule has 1 aromatic rings. The van der Waals surface area contributed by atoms with Crippen LogP contribution in [0.2, 0.25) is 0 Å². The summed E-state index contributed by atoms with van der Waals surface area (Å²) in [6.45, 7) is 2.26. The van der Waals surface area contributed by atoms with Crippen LogP contribution in [0.25, 0.3) is 0 Å². The average molecular weight is 242 g/mol. The summed E-state index contributed by atoms with van der Waals surface area (Å²) in [4.78, 5) is 2.34. The van der Waals surface area contributed by atoms with Gasteiger partial charge in [0.1, 0.15) is 5.75 Å². The number of nitrogens with zero attached hydrogens (tertiary/aromatic N) is 1. The van der Waals surface area contributed by atoms with E-state index in [0.29, 0.717) is 5.75 Å². The minimum absolute atomic E-state index is 0.315. The highest BCUT2D eigenvalue weighted by Crippen LogP contribution is 2.31. The Hall–Kier alpha value is -0.700. The highest BCUT2D eigenvalue weighted by Gasteiger charge is 2.14. The fourth-order valence-electron chi connectivity index (χ4n) is 1.71. The molecule has 2 nitrogen and oxygen atoms in total. The second-order valence-corrected chi connectivity index (χ2v) is 4.18. The quantitative estimate of drug-likeness (QED) is 0.818. The lowest BCUT2D eigenvalue weighted by molar-refractivity contribution is 0.475. The number of phenolic OH excluding ortho intramolecular Hbond substituents is 1. The average Bonchev–Trinajstić information content (AvgIpc) is 2.56. The standard InChI is InChI=1S/C10H12BrNO/c11-9-7-8(13)3-4-10(9)12-5-1-2-6-12/h3-4,7,13H,1-2,5-6H2. The molecule has 1 aliphatic heterocycles. The van der Waals surface area contributed by atoms with Gasteiger partial charge in [0.15, 0.2) is 0 Å². The number of hydrogen-bond donors (Lipinski definition) is 1. The molecule has 0 aliphatic carbocycles. The van der Waals surface area contributed by atoms with Gasteiger partial charge in [-0.05, 0) is 47.0 Å². The molecule has 0 atom stereocenters. The minimum Gasteiger partial charge on any atom is -0.508 e. The molecule has 1 heterocycles. The summed E-state index contributed by atoms with van der Waals surface area (Å²) in [7, 11) is 0. The van der Waals surface area contributed by atoms with Gasteiger partial charge in [0.05, 0.1) is 5.69 Å². The Kier molecular flexibility index (Phi) is 2.44. The van der Waals surface area contributed by atoms with Crippen LogP contribution in [0.15, 0.2) is 22.7 Å². The maximum atomic E-state index is 9.23. The zero-order valence-electron chi connectivity index (χ0n) is 7.33. The smallest absolute Gasteiger partial charge is 0.116 e. The van der Waals surface area contributed by atoms with E-state index in [1.54, 1.807) is 12.1 Å². The molecule has 3 heteroatoms. The Labute approximate surface area is 86.3 Å². The third-order valence-corrected chi connectivity index (χ3v) is 3.01. The van der Waals surface area contributed by atoms with Gasteiger partial charge < -0.3 is 10.0 Å². The lowest BCUT2D eigenvalue weighted by Crippen LogP contribution is -2.17. The zero-order chi connectivity index (χ0) is 9.26. The number of halogens is 1. The van der Waals surface area contributed by atoms with E-state index in [0.717, 1.165) is 17.6 Å². The first-order valence-electron chi connectivity index (χ1n) is 4.51. The molecule has 0 amide bonds. The normalized spacial score (nSPS) is 16.5. The molecule has 0 bridgehead atoms. The van der Waals surface area contributed by atoms with E-state index >= 15 is 0 Å². The van der Waals surface area contributed by atoms with Crippen LogP contribution < -0.4 is 4.90 Å². The fourth-order valence-corrected chi connectivity index (χ4v) is 2.33. The van der Waals surface area contributed by atoms with Gasteiger partial charge in [-0.1, -0.05) is 0 Å². The predicted octanol–water partition coefficient (Wildman–Crippen LogP) is 2.75.